The second kappa shape index (κ2) is 6.02. The maximum Gasteiger partial charge on any atom is 0.231 e. The summed E-state index contributed by atoms with van der Waals surface area (Å²) in [5.41, 5.74) is 0.822. The second-order valence-corrected chi connectivity index (χ2v) is 7.82. The normalized spacial score (nSPS) is 24.9. The first-order chi connectivity index (χ1) is 11.2. The first-order valence-electron chi connectivity index (χ1n) is 8.05. The molecule has 5 nitrogen and oxygen atoms in total. The monoisotopic (exact) mass is 328 g/mol. The lowest BCUT2D eigenvalue weighted by atomic mass is 9.88. The molecule has 4 heterocycles. The molecule has 2 fully saturated rings. The first-order valence-corrected chi connectivity index (χ1v) is 8.86. The van der Waals surface area contributed by atoms with Crippen molar-refractivity contribution in [2.75, 3.05) is 24.5 Å². The molecular formula is C17H20N4OS. The Hall–Kier alpha value is -1.79. The Bertz CT molecular complexity index is 702. The van der Waals surface area contributed by atoms with Gasteiger partial charge in [0, 0.05) is 35.9 Å². The summed E-state index contributed by atoms with van der Waals surface area (Å²) < 4.78 is 0. The van der Waals surface area contributed by atoms with Gasteiger partial charge in [-0.3, -0.25) is 9.69 Å². The molecule has 2 saturated heterocycles. The third-order valence-corrected chi connectivity index (χ3v) is 5.84. The lowest BCUT2D eigenvalue weighted by Gasteiger charge is -2.33. The van der Waals surface area contributed by atoms with E-state index in [0.717, 1.165) is 38.3 Å². The van der Waals surface area contributed by atoms with Crippen molar-refractivity contribution in [3.8, 4) is 0 Å². The van der Waals surface area contributed by atoms with E-state index in [9.17, 15) is 4.79 Å². The number of hydrogen-bond acceptors (Lipinski definition) is 5. The molecular weight excluding hydrogens is 308 g/mol. The van der Waals surface area contributed by atoms with Crippen molar-refractivity contribution >= 4 is 22.9 Å². The average Bonchev–Trinajstić information content (AvgIpc) is 3.15. The third-order valence-electron chi connectivity index (χ3n) is 4.86. The number of fused-ring (bicyclic) bond motifs is 1. The van der Waals surface area contributed by atoms with Crippen LogP contribution in [0.15, 0.2) is 30.9 Å². The number of carbonyl (C=O) groups is 1. The summed E-state index contributed by atoms with van der Waals surface area (Å²) in [6, 6.07) is 4.38. The fourth-order valence-electron chi connectivity index (χ4n) is 3.74. The predicted octanol–water partition coefficient (Wildman–Crippen LogP) is 2.33. The number of rotatable bonds is 3. The number of carbonyl (C=O) groups excluding carboxylic acids is 1. The van der Waals surface area contributed by atoms with Gasteiger partial charge < -0.3 is 4.90 Å². The van der Waals surface area contributed by atoms with Gasteiger partial charge in [0.2, 0.25) is 5.91 Å². The summed E-state index contributed by atoms with van der Waals surface area (Å²) in [6.45, 7) is 5.78. The molecule has 0 N–H and O–H groups in total. The van der Waals surface area contributed by atoms with Crippen LogP contribution in [0.2, 0.25) is 0 Å². The van der Waals surface area contributed by atoms with Crippen molar-refractivity contribution in [2.45, 2.75) is 19.9 Å². The van der Waals surface area contributed by atoms with Gasteiger partial charge in [0.15, 0.2) is 0 Å². The lowest BCUT2D eigenvalue weighted by molar-refractivity contribution is -0.124. The van der Waals surface area contributed by atoms with Crippen LogP contribution in [0.5, 0.6) is 0 Å². The molecule has 2 aromatic rings. The minimum Gasteiger partial charge on any atom is -0.309 e. The van der Waals surface area contributed by atoms with Crippen molar-refractivity contribution < 1.29 is 4.79 Å². The van der Waals surface area contributed by atoms with Gasteiger partial charge in [-0.05, 0) is 31.4 Å². The van der Waals surface area contributed by atoms with E-state index in [0.29, 0.717) is 5.92 Å². The maximum atomic E-state index is 12.9. The van der Waals surface area contributed by atoms with Gasteiger partial charge in [-0.1, -0.05) is 0 Å². The number of hydrogen-bond donors (Lipinski definition) is 0. The Labute approximate surface area is 140 Å². The Balaban J connectivity index is 1.46. The van der Waals surface area contributed by atoms with Gasteiger partial charge >= 0.3 is 0 Å². The van der Waals surface area contributed by atoms with Crippen molar-refractivity contribution in [2.24, 2.45) is 11.8 Å². The Morgan fingerprint density at radius 1 is 1.26 bits per heavy atom. The number of aromatic nitrogens is 2. The molecule has 0 radical (unpaired) electrons. The first kappa shape index (κ1) is 14.8. The topological polar surface area (TPSA) is 49.3 Å². The van der Waals surface area contributed by atoms with Crippen LogP contribution < -0.4 is 4.90 Å². The van der Waals surface area contributed by atoms with Crippen LogP contribution in [0.25, 0.3) is 0 Å². The fraction of sp³-hybridized carbons (Fsp3) is 0.471. The molecule has 120 valence electrons. The molecule has 2 aliphatic rings. The number of anilines is 1. The summed E-state index contributed by atoms with van der Waals surface area (Å²) in [4.78, 5) is 28.0. The van der Waals surface area contributed by atoms with Crippen molar-refractivity contribution in [1.82, 2.24) is 14.9 Å². The second-order valence-electron chi connectivity index (χ2n) is 6.45. The SMILES string of the molecule is Cc1ccc(CN2CC3CCN(c4cncnc4)C(=O)C3C2)s1. The number of amides is 1. The van der Waals surface area contributed by atoms with E-state index in [4.69, 9.17) is 0 Å². The number of aryl methyl sites for hydroxylation is 1. The van der Waals surface area contributed by atoms with E-state index >= 15 is 0 Å². The van der Waals surface area contributed by atoms with Crippen LogP contribution in [-0.2, 0) is 11.3 Å². The highest BCUT2D eigenvalue weighted by molar-refractivity contribution is 7.11. The number of likely N-dealkylation sites (tertiary alicyclic amines) is 1. The van der Waals surface area contributed by atoms with E-state index in [2.05, 4.69) is 33.9 Å². The summed E-state index contributed by atoms with van der Waals surface area (Å²) in [5.74, 6) is 0.843. The third kappa shape index (κ3) is 2.88. The van der Waals surface area contributed by atoms with E-state index in [1.807, 2.05) is 16.2 Å². The molecule has 2 aromatic heterocycles. The Morgan fingerprint density at radius 3 is 2.83 bits per heavy atom. The average molecular weight is 328 g/mol. The number of piperidine rings is 1. The molecule has 2 unspecified atom stereocenters. The summed E-state index contributed by atoms with van der Waals surface area (Å²) in [5, 5.41) is 0. The molecule has 6 heteroatoms. The predicted molar refractivity (Wildman–Crippen MR) is 90.3 cm³/mol. The van der Waals surface area contributed by atoms with Crippen LogP contribution in [-0.4, -0.2) is 40.4 Å². The van der Waals surface area contributed by atoms with Crippen LogP contribution in [0.3, 0.4) is 0 Å². The van der Waals surface area contributed by atoms with Gasteiger partial charge in [-0.25, -0.2) is 9.97 Å². The molecule has 2 atom stereocenters. The Morgan fingerprint density at radius 2 is 2.09 bits per heavy atom. The highest BCUT2D eigenvalue weighted by Crippen LogP contribution is 2.35. The standard InChI is InChI=1S/C17H20N4OS/c1-12-2-3-15(23-12)9-20-8-13-4-5-21(17(22)16(13)10-20)14-6-18-11-19-7-14/h2-3,6-7,11,13,16H,4-5,8-10H2,1H3. The van der Waals surface area contributed by atoms with Crippen LogP contribution in [0.4, 0.5) is 5.69 Å². The van der Waals surface area contributed by atoms with E-state index in [1.54, 1.807) is 12.4 Å². The summed E-state index contributed by atoms with van der Waals surface area (Å²) >= 11 is 1.85. The highest BCUT2D eigenvalue weighted by Gasteiger charge is 2.43. The van der Waals surface area contributed by atoms with Gasteiger partial charge in [-0.2, -0.15) is 0 Å². The zero-order valence-electron chi connectivity index (χ0n) is 13.2. The van der Waals surface area contributed by atoms with Gasteiger partial charge in [-0.15, -0.1) is 11.3 Å². The largest absolute Gasteiger partial charge is 0.309 e. The number of thiophene rings is 1. The Kier molecular flexibility index (Phi) is 3.87. The number of nitrogens with zero attached hydrogens (tertiary/aromatic N) is 4. The molecule has 23 heavy (non-hydrogen) atoms. The summed E-state index contributed by atoms with van der Waals surface area (Å²) in [6.07, 6.45) is 6.02. The minimum absolute atomic E-state index is 0.116. The zero-order valence-corrected chi connectivity index (χ0v) is 14.0. The van der Waals surface area contributed by atoms with Crippen molar-refractivity contribution in [1.29, 1.82) is 0 Å². The smallest absolute Gasteiger partial charge is 0.231 e. The summed E-state index contributed by atoms with van der Waals surface area (Å²) in [7, 11) is 0. The molecule has 0 aromatic carbocycles. The quantitative estimate of drug-likeness (QED) is 0.868. The molecule has 0 saturated carbocycles. The molecule has 0 spiro atoms. The molecule has 4 rings (SSSR count). The molecule has 2 aliphatic heterocycles. The van der Waals surface area contributed by atoms with E-state index in [-0.39, 0.29) is 11.8 Å². The van der Waals surface area contributed by atoms with Crippen LogP contribution in [0, 0.1) is 18.8 Å². The van der Waals surface area contributed by atoms with Crippen LogP contribution in [0.1, 0.15) is 16.2 Å². The van der Waals surface area contributed by atoms with Gasteiger partial charge in [0.1, 0.15) is 6.33 Å². The molecule has 0 bridgehead atoms. The highest BCUT2D eigenvalue weighted by atomic mass is 32.1. The lowest BCUT2D eigenvalue weighted by Crippen LogP contribution is -2.45. The maximum absolute atomic E-state index is 12.9. The van der Waals surface area contributed by atoms with Gasteiger partial charge in [0.05, 0.1) is 24.0 Å². The fourth-order valence-corrected chi connectivity index (χ4v) is 4.68. The van der Waals surface area contributed by atoms with Crippen molar-refractivity contribution in [3.05, 3.63) is 40.6 Å². The van der Waals surface area contributed by atoms with Crippen LogP contribution >= 0.6 is 11.3 Å². The minimum atomic E-state index is 0.116. The zero-order chi connectivity index (χ0) is 15.8. The van der Waals surface area contributed by atoms with Crippen molar-refractivity contribution in [3.63, 3.8) is 0 Å². The molecule has 0 aliphatic carbocycles. The van der Waals surface area contributed by atoms with Gasteiger partial charge in [0.25, 0.3) is 0 Å². The van der Waals surface area contributed by atoms with E-state index in [1.165, 1.54) is 16.1 Å². The van der Waals surface area contributed by atoms with E-state index < -0.39 is 0 Å². The molecule has 1 amide bonds.